The SMILES string of the molecule is CCOC(=O)CCCCCn1ccnc1CNCCOC. The minimum absolute atomic E-state index is 0.0943. The molecule has 0 aliphatic heterocycles. The van der Waals surface area contributed by atoms with Crippen LogP contribution in [-0.4, -0.2) is 42.4 Å². The number of aromatic nitrogens is 2. The van der Waals surface area contributed by atoms with Crippen LogP contribution < -0.4 is 5.32 Å². The predicted octanol–water partition coefficient (Wildman–Crippen LogP) is 1.74. The van der Waals surface area contributed by atoms with Crippen molar-refractivity contribution in [3.8, 4) is 0 Å². The molecule has 6 nitrogen and oxygen atoms in total. The summed E-state index contributed by atoms with van der Waals surface area (Å²) in [5.41, 5.74) is 0. The maximum absolute atomic E-state index is 11.2. The van der Waals surface area contributed by atoms with Gasteiger partial charge in [0.1, 0.15) is 5.82 Å². The van der Waals surface area contributed by atoms with Gasteiger partial charge < -0.3 is 19.4 Å². The molecular weight excluding hydrogens is 270 g/mol. The van der Waals surface area contributed by atoms with E-state index in [0.717, 1.165) is 44.7 Å². The summed E-state index contributed by atoms with van der Waals surface area (Å²) < 4.78 is 12.1. The van der Waals surface area contributed by atoms with Crippen molar-refractivity contribution in [2.24, 2.45) is 0 Å². The van der Waals surface area contributed by atoms with E-state index in [2.05, 4.69) is 14.9 Å². The van der Waals surface area contributed by atoms with Crippen LogP contribution in [-0.2, 0) is 27.4 Å². The Bertz CT molecular complexity index is 393. The van der Waals surface area contributed by atoms with Gasteiger partial charge in [0, 0.05) is 39.0 Å². The van der Waals surface area contributed by atoms with Crippen LogP contribution in [0.1, 0.15) is 38.4 Å². The average molecular weight is 297 g/mol. The quantitative estimate of drug-likeness (QED) is 0.470. The number of ether oxygens (including phenoxy) is 2. The first-order chi connectivity index (χ1) is 10.3. The first kappa shape index (κ1) is 17.7. The van der Waals surface area contributed by atoms with Crippen molar-refractivity contribution in [3.05, 3.63) is 18.2 Å². The number of carbonyl (C=O) groups is 1. The molecule has 0 atom stereocenters. The summed E-state index contributed by atoms with van der Waals surface area (Å²) in [4.78, 5) is 15.6. The molecule has 1 N–H and O–H groups in total. The largest absolute Gasteiger partial charge is 0.466 e. The zero-order valence-corrected chi connectivity index (χ0v) is 13.1. The lowest BCUT2D eigenvalue weighted by atomic mass is 10.2. The molecule has 21 heavy (non-hydrogen) atoms. The van der Waals surface area contributed by atoms with Crippen LogP contribution >= 0.6 is 0 Å². The van der Waals surface area contributed by atoms with Gasteiger partial charge in [-0.2, -0.15) is 0 Å². The van der Waals surface area contributed by atoms with Crippen molar-refractivity contribution in [1.82, 2.24) is 14.9 Å². The molecule has 1 aromatic heterocycles. The summed E-state index contributed by atoms with van der Waals surface area (Å²) in [6.07, 6.45) is 7.29. The van der Waals surface area contributed by atoms with E-state index in [1.54, 1.807) is 7.11 Å². The lowest BCUT2D eigenvalue weighted by molar-refractivity contribution is -0.143. The summed E-state index contributed by atoms with van der Waals surface area (Å²) >= 11 is 0. The van der Waals surface area contributed by atoms with Gasteiger partial charge in [0.25, 0.3) is 0 Å². The molecule has 0 saturated carbocycles. The molecule has 6 heteroatoms. The van der Waals surface area contributed by atoms with Crippen LogP contribution in [0.5, 0.6) is 0 Å². The highest BCUT2D eigenvalue weighted by Gasteiger charge is 2.03. The van der Waals surface area contributed by atoms with Crippen molar-refractivity contribution in [3.63, 3.8) is 0 Å². The third kappa shape index (κ3) is 7.82. The Hall–Kier alpha value is -1.40. The fourth-order valence-corrected chi connectivity index (χ4v) is 2.05. The van der Waals surface area contributed by atoms with E-state index in [-0.39, 0.29) is 5.97 Å². The number of aryl methyl sites for hydroxylation is 1. The molecule has 0 fully saturated rings. The van der Waals surface area contributed by atoms with Crippen LogP contribution in [0, 0.1) is 0 Å². The summed E-state index contributed by atoms with van der Waals surface area (Å²) in [6.45, 7) is 5.51. The van der Waals surface area contributed by atoms with Crippen molar-refractivity contribution in [2.45, 2.75) is 45.7 Å². The van der Waals surface area contributed by atoms with E-state index in [4.69, 9.17) is 9.47 Å². The lowest BCUT2D eigenvalue weighted by Crippen LogP contribution is -2.21. The molecule has 0 spiro atoms. The molecule has 1 rings (SSSR count). The number of unbranched alkanes of at least 4 members (excludes halogenated alkanes) is 2. The van der Waals surface area contributed by atoms with Crippen LogP contribution in [0.15, 0.2) is 12.4 Å². The van der Waals surface area contributed by atoms with Gasteiger partial charge in [-0.3, -0.25) is 4.79 Å². The van der Waals surface area contributed by atoms with E-state index in [0.29, 0.717) is 19.6 Å². The molecule has 1 aromatic rings. The minimum atomic E-state index is -0.0943. The Kier molecular flexibility index (Phi) is 9.48. The van der Waals surface area contributed by atoms with E-state index in [1.165, 1.54) is 0 Å². The highest BCUT2D eigenvalue weighted by atomic mass is 16.5. The Labute approximate surface area is 126 Å². The van der Waals surface area contributed by atoms with E-state index in [1.807, 2.05) is 19.3 Å². The summed E-state index contributed by atoms with van der Waals surface area (Å²) in [5, 5.41) is 3.29. The van der Waals surface area contributed by atoms with Crippen molar-refractivity contribution in [1.29, 1.82) is 0 Å². The van der Waals surface area contributed by atoms with Gasteiger partial charge in [0.2, 0.25) is 0 Å². The fourth-order valence-electron chi connectivity index (χ4n) is 2.05. The second kappa shape index (κ2) is 11.3. The molecule has 120 valence electrons. The van der Waals surface area contributed by atoms with Crippen molar-refractivity contribution >= 4 is 5.97 Å². The van der Waals surface area contributed by atoms with E-state index < -0.39 is 0 Å². The normalized spacial score (nSPS) is 10.8. The first-order valence-electron chi connectivity index (χ1n) is 7.63. The number of methoxy groups -OCH3 is 1. The van der Waals surface area contributed by atoms with Gasteiger partial charge in [0.15, 0.2) is 0 Å². The van der Waals surface area contributed by atoms with Crippen molar-refractivity contribution in [2.75, 3.05) is 26.9 Å². The molecule has 0 aliphatic carbocycles. The summed E-state index contributed by atoms with van der Waals surface area (Å²) in [7, 11) is 1.69. The number of nitrogens with zero attached hydrogens (tertiary/aromatic N) is 2. The van der Waals surface area contributed by atoms with Gasteiger partial charge in [-0.05, 0) is 19.8 Å². The summed E-state index contributed by atoms with van der Waals surface area (Å²) in [5.74, 6) is 0.944. The number of nitrogens with one attached hydrogen (secondary N) is 1. The van der Waals surface area contributed by atoms with Crippen LogP contribution in [0.3, 0.4) is 0 Å². The number of imidazole rings is 1. The Morgan fingerprint density at radius 2 is 2.24 bits per heavy atom. The maximum atomic E-state index is 11.2. The Morgan fingerprint density at radius 1 is 1.38 bits per heavy atom. The smallest absolute Gasteiger partial charge is 0.305 e. The zero-order valence-electron chi connectivity index (χ0n) is 13.1. The molecule has 0 aromatic carbocycles. The first-order valence-corrected chi connectivity index (χ1v) is 7.63. The standard InChI is InChI=1S/C15H27N3O3/c1-3-21-15(19)7-5-4-6-10-18-11-8-17-14(18)13-16-9-12-20-2/h8,11,16H,3-7,9-10,12-13H2,1-2H3. The number of carbonyl (C=O) groups excluding carboxylic acids is 1. The number of hydrogen-bond acceptors (Lipinski definition) is 5. The van der Waals surface area contributed by atoms with Gasteiger partial charge in [-0.15, -0.1) is 0 Å². The average Bonchev–Trinajstić information content (AvgIpc) is 2.91. The third-order valence-corrected chi connectivity index (χ3v) is 3.15. The minimum Gasteiger partial charge on any atom is -0.466 e. The second-order valence-corrected chi connectivity index (χ2v) is 4.82. The lowest BCUT2D eigenvalue weighted by Gasteiger charge is -2.08. The maximum Gasteiger partial charge on any atom is 0.305 e. The number of rotatable bonds is 12. The van der Waals surface area contributed by atoms with E-state index in [9.17, 15) is 4.79 Å². The summed E-state index contributed by atoms with van der Waals surface area (Å²) in [6, 6.07) is 0. The molecule has 0 amide bonds. The molecule has 0 radical (unpaired) electrons. The monoisotopic (exact) mass is 297 g/mol. The van der Waals surface area contributed by atoms with E-state index >= 15 is 0 Å². The van der Waals surface area contributed by atoms with Gasteiger partial charge in [0.05, 0.1) is 19.8 Å². The zero-order chi connectivity index (χ0) is 15.3. The highest BCUT2D eigenvalue weighted by Crippen LogP contribution is 2.05. The highest BCUT2D eigenvalue weighted by molar-refractivity contribution is 5.69. The fraction of sp³-hybridized carbons (Fsp3) is 0.733. The molecule has 1 heterocycles. The number of esters is 1. The van der Waals surface area contributed by atoms with Crippen LogP contribution in [0.25, 0.3) is 0 Å². The molecule has 0 aliphatic rings. The molecule has 0 bridgehead atoms. The van der Waals surface area contributed by atoms with Gasteiger partial charge in [-0.25, -0.2) is 4.98 Å². The number of hydrogen-bond donors (Lipinski definition) is 1. The Balaban J connectivity index is 2.14. The predicted molar refractivity (Wildman–Crippen MR) is 80.9 cm³/mol. The molecular formula is C15H27N3O3. The van der Waals surface area contributed by atoms with Crippen LogP contribution in [0.2, 0.25) is 0 Å². The third-order valence-electron chi connectivity index (χ3n) is 3.15. The van der Waals surface area contributed by atoms with Gasteiger partial charge in [-0.1, -0.05) is 6.42 Å². The molecule has 0 saturated heterocycles. The van der Waals surface area contributed by atoms with Crippen LogP contribution in [0.4, 0.5) is 0 Å². The van der Waals surface area contributed by atoms with Gasteiger partial charge >= 0.3 is 5.97 Å². The topological polar surface area (TPSA) is 65.4 Å². The second-order valence-electron chi connectivity index (χ2n) is 4.82. The molecule has 0 unspecified atom stereocenters. The Morgan fingerprint density at radius 3 is 3.00 bits per heavy atom. The van der Waals surface area contributed by atoms with Crippen molar-refractivity contribution < 1.29 is 14.3 Å².